The SMILES string of the molecule is CC(C)CN(CC(=O)O)C(=O)C1(NC(=O)OCC2c3ccccc3-c3ccccc32)CCCC1. The summed E-state index contributed by atoms with van der Waals surface area (Å²) in [5, 5.41) is 12.2. The highest BCUT2D eigenvalue weighted by molar-refractivity contribution is 5.92. The van der Waals surface area contributed by atoms with E-state index in [1.807, 2.05) is 38.1 Å². The lowest BCUT2D eigenvalue weighted by Crippen LogP contribution is -2.59. The lowest BCUT2D eigenvalue weighted by atomic mass is 9.95. The summed E-state index contributed by atoms with van der Waals surface area (Å²) in [5.74, 6) is -1.37. The highest BCUT2D eigenvalue weighted by Crippen LogP contribution is 2.44. The molecule has 0 atom stereocenters. The molecule has 7 heteroatoms. The van der Waals surface area contributed by atoms with E-state index in [2.05, 4.69) is 29.6 Å². The van der Waals surface area contributed by atoms with Crippen LogP contribution in [0.3, 0.4) is 0 Å². The van der Waals surface area contributed by atoms with Gasteiger partial charge in [-0.15, -0.1) is 0 Å². The average molecular weight is 465 g/mol. The van der Waals surface area contributed by atoms with Gasteiger partial charge < -0.3 is 20.1 Å². The van der Waals surface area contributed by atoms with Crippen molar-refractivity contribution in [3.8, 4) is 11.1 Å². The van der Waals surface area contributed by atoms with Crippen molar-refractivity contribution in [3.05, 3.63) is 59.7 Å². The molecule has 0 aromatic heterocycles. The van der Waals surface area contributed by atoms with Crippen molar-refractivity contribution in [2.24, 2.45) is 5.92 Å². The van der Waals surface area contributed by atoms with Gasteiger partial charge in [0.1, 0.15) is 18.7 Å². The van der Waals surface area contributed by atoms with E-state index in [4.69, 9.17) is 4.74 Å². The normalized spacial score (nSPS) is 16.1. The van der Waals surface area contributed by atoms with Crippen molar-refractivity contribution in [1.82, 2.24) is 10.2 Å². The van der Waals surface area contributed by atoms with Crippen LogP contribution in [0.2, 0.25) is 0 Å². The van der Waals surface area contributed by atoms with Crippen molar-refractivity contribution in [2.45, 2.75) is 51.0 Å². The molecule has 0 radical (unpaired) electrons. The molecular formula is C27H32N2O5. The van der Waals surface area contributed by atoms with Crippen LogP contribution in [-0.4, -0.2) is 53.2 Å². The molecule has 2 N–H and O–H groups in total. The summed E-state index contributed by atoms with van der Waals surface area (Å²) in [7, 11) is 0. The number of alkyl carbamates (subject to hydrolysis) is 1. The molecule has 0 heterocycles. The molecule has 2 aromatic rings. The first kappa shape index (κ1) is 23.8. The molecule has 0 bridgehead atoms. The van der Waals surface area contributed by atoms with E-state index in [9.17, 15) is 19.5 Å². The minimum absolute atomic E-state index is 0.0715. The van der Waals surface area contributed by atoms with Gasteiger partial charge in [0.2, 0.25) is 5.91 Å². The van der Waals surface area contributed by atoms with Gasteiger partial charge in [-0.05, 0) is 41.0 Å². The van der Waals surface area contributed by atoms with E-state index >= 15 is 0 Å². The number of carboxylic acids is 1. The number of rotatable bonds is 8. The van der Waals surface area contributed by atoms with Crippen molar-refractivity contribution in [1.29, 1.82) is 0 Å². The van der Waals surface area contributed by atoms with Gasteiger partial charge >= 0.3 is 12.1 Å². The second kappa shape index (κ2) is 9.87. The van der Waals surface area contributed by atoms with Gasteiger partial charge in [-0.25, -0.2) is 4.79 Å². The Balaban J connectivity index is 1.48. The number of benzene rings is 2. The van der Waals surface area contributed by atoms with Gasteiger partial charge in [-0.2, -0.15) is 0 Å². The predicted molar refractivity (Wildman–Crippen MR) is 128 cm³/mol. The van der Waals surface area contributed by atoms with E-state index in [0.717, 1.165) is 35.1 Å². The van der Waals surface area contributed by atoms with Crippen LogP contribution in [0.5, 0.6) is 0 Å². The highest BCUT2D eigenvalue weighted by atomic mass is 16.5. The average Bonchev–Trinajstić information content (AvgIpc) is 3.40. The minimum Gasteiger partial charge on any atom is -0.480 e. The number of amides is 2. The van der Waals surface area contributed by atoms with Gasteiger partial charge in [0, 0.05) is 12.5 Å². The summed E-state index contributed by atoms with van der Waals surface area (Å²) in [6.45, 7) is 3.96. The second-order valence-electron chi connectivity index (χ2n) is 9.71. The van der Waals surface area contributed by atoms with Gasteiger partial charge in [-0.3, -0.25) is 9.59 Å². The number of fused-ring (bicyclic) bond motifs is 3. The van der Waals surface area contributed by atoms with E-state index in [1.54, 1.807) is 0 Å². The molecule has 0 unspecified atom stereocenters. The highest BCUT2D eigenvalue weighted by Gasteiger charge is 2.46. The van der Waals surface area contributed by atoms with Crippen LogP contribution in [0.25, 0.3) is 11.1 Å². The van der Waals surface area contributed by atoms with Crippen molar-refractivity contribution < 1.29 is 24.2 Å². The van der Waals surface area contributed by atoms with Crippen molar-refractivity contribution in [2.75, 3.05) is 19.7 Å². The van der Waals surface area contributed by atoms with Crippen molar-refractivity contribution >= 4 is 18.0 Å². The predicted octanol–water partition coefficient (Wildman–Crippen LogP) is 4.41. The van der Waals surface area contributed by atoms with E-state index in [-0.39, 0.29) is 30.9 Å². The first-order chi connectivity index (χ1) is 16.3. The summed E-state index contributed by atoms with van der Waals surface area (Å²) in [6.07, 6.45) is 1.89. The summed E-state index contributed by atoms with van der Waals surface area (Å²) in [6, 6.07) is 16.2. The zero-order chi connectivity index (χ0) is 24.3. The molecule has 0 aliphatic heterocycles. The van der Waals surface area contributed by atoms with E-state index in [0.29, 0.717) is 19.4 Å². The Hall–Kier alpha value is -3.35. The fourth-order valence-corrected chi connectivity index (χ4v) is 5.33. The first-order valence-corrected chi connectivity index (χ1v) is 11.9. The monoisotopic (exact) mass is 464 g/mol. The van der Waals surface area contributed by atoms with Gasteiger partial charge in [0.05, 0.1) is 0 Å². The maximum absolute atomic E-state index is 13.5. The lowest BCUT2D eigenvalue weighted by Gasteiger charge is -2.35. The maximum atomic E-state index is 13.5. The lowest BCUT2D eigenvalue weighted by molar-refractivity contribution is -0.148. The molecule has 2 aliphatic carbocycles. The number of ether oxygens (including phenoxy) is 1. The molecule has 2 aliphatic rings. The van der Waals surface area contributed by atoms with Crippen LogP contribution >= 0.6 is 0 Å². The molecule has 0 spiro atoms. The molecule has 2 aromatic carbocycles. The van der Waals surface area contributed by atoms with Gasteiger partial charge in [0.25, 0.3) is 0 Å². The summed E-state index contributed by atoms with van der Waals surface area (Å²) >= 11 is 0. The van der Waals surface area contributed by atoms with Crippen LogP contribution in [0.4, 0.5) is 4.79 Å². The standard InChI is InChI=1S/C27H32N2O5/c1-18(2)15-29(16-24(30)31)25(32)27(13-7-8-14-27)28-26(33)34-17-23-21-11-5-3-9-19(21)20-10-4-6-12-22(20)23/h3-6,9-12,18,23H,7-8,13-17H2,1-2H3,(H,28,33)(H,30,31). The molecule has 4 rings (SSSR count). The van der Waals surface area contributed by atoms with Crippen LogP contribution in [-0.2, 0) is 14.3 Å². The van der Waals surface area contributed by atoms with E-state index < -0.39 is 17.6 Å². The summed E-state index contributed by atoms with van der Waals surface area (Å²) < 4.78 is 5.68. The van der Waals surface area contributed by atoms with Gasteiger partial charge in [0.15, 0.2) is 0 Å². The summed E-state index contributed by atoms with van der Waals surface area (Å²) in [4.78, 5) is 39.1. The molecule has 1 fully saturated rings. The number of carboxylic acid groups (broad SMARTS) is 1. The number of hydrogen-bond acceptors (Lipinski definition) is 4. The summed E-state index contributed by atoms with van der Waals surface area (Å²) in [5.41, 5.74) is 3.41. The molecule has 7 nitrogen and oxygen atoms in total. The molecule has 1 saturated carbocycles. The third kappa shape index (κ3) is 4.79. The second-order valence-corrected chi connectivity index (χ2v) is 9.71. The third-order valence-electron chi connectivity index (χ3n) is 6.75. The maximum Gasteiger partial charge on any atom is 0.408 e. The molecular weight excluding hydrogens is 432 g/mol. The van der Waals surface area contributed by atoms with E-state index in [1.165, 1.54) is 4.90 Å². The smallest absolute Gasteiger partial charge is 0.408 e. The molecule has 2 amide bonds. The Bertz CT molecular complexity index is 1030. The molecule has 0 saturated heterocycles. The van der Waals surface area contributed by atoms with Gasteiger partial charge in [-0.1, -0.05) is 75.2 Å². The number of nitrogens with zero attached hydrogens (tertiary/aromatic N) is 1. The number of hydrogen-bond donors (Lipinski definition) is 2. The van der Waals surface area contributed by atoms with Crippen molar-refractivity contribution in [3.63, 3.8) is 0 Å². The first-order valence-electron chi connectivity index (χ1n) is 11.9. The van der Waals surface area contributed by atoms with Crippen LogP contribution in [0, 0.1) is 5.92 Å². The molecule has 34 heavy (non-hydrogen) atoms. The largest absolute Gasteiger partial charge is 0.480 e. The topological polar surface area (TPSA) is 95.9 Å². The zero-order valence-corrected chi connectivity index (χ0v) is 19.8. The van der Waals surface area contributed by atoms with Crippen LogP contribution < -0.4 is 5.32 Å². The minimum atomic E-state index is -1.12. The Kier molecular flexibility index (Phi) is 6.91. The zero-order valence-electron chi connectivity index (χ0n) is 19.8. The number of carbonyl (C=O) groups excluding carboxylic acids is 2. The number of nitrogens with one attached hydrogen (secondary N) is 1. The quantitative estimate of drug-likeness (QED) is 0.603. The molecule has 180 valence electrons. The van der Waals surface area contributed by atoms with Crippen LogP contribution in [0.15, 0.2) is 48.5 Å². The fourth-order valence-electron chi connectivity index (χ4n) is 5.33. The Labute approximate surface area is 200 Å². The van der Waals surface area contributed by atoms with Crippen LogP contribution in [0.1, 0.15) is 56.6 Å². The Morgan fingerprint density at radius 3 is 2.12 bits per heavy atom. The Morgan fingerprint density at radius 2 is 1.59 bits per heavy atom. The fraction of sp³-hybridized carbons (Fsp3) is 0.444. The number of aliphatic carboxylic acids is 1. The third-order valence-corrected chi connectivity index (χ3v) is 6.75. The number of carbonyl (C=O) groups is 3. The Morgan fingerprint density at radius 1 is 1.03 bits per heavy atom.